The number of ether oxygens (including phenoxy) is 1. The summed E-state index contributed by atoms with van der Waals surface area (Å²) in [6, 6.07) is 9.03. The summed E-state index contributed by atoms with van der Waals surface area (Å²) in [4.78, 5) is 13.1. The number of nitrogens with zero attached hydrogens (tertiary/aromatic N) is 1. The molecule has 0 aliphatic heterocycles. The van der Waals surface area contributed by atoms with E-state index in [0.717, 1.165) is 20.5 Å². The highest BCUT2D eigenvalue weighted by molar-refractivity contribution is 9.10. The number of methoxy groups -OCH3 is 1. The van der Waals surface area contributed by atoms with Gasteiger partial charge in [0.25, 0.3) is 0 Å². The number of carbonyl (C=O) groups excluding carboxylic acids is 1. The number of aryl methyl sites for hydroxylation is 2. The van der Waals surface area contributed by atoms with E-state index in [1.165, 1.54) is 24.9 Å². The van der Waals surface area contributed by atoms with Crippen LogP contribution in [0, 0.1) is 13.8 Å². The van der Waals surface area contributed by atoms with Crippen LogP contribution in [0.5, 0.6) is 11.5 Å². The molecule has 138 valence electrons. The Bertz CT molecular complexity index is 853. The first-order chi connectivity index (χ1) is 12.3. The van der Waals surface area contributed by atoms with Crippen molar-refractivity contribution in [2.24, 2.45) is 5.10 Å². The number of thioether (sulfide) groups is 1. The van der Waals surface area contributed by atoms with Crippen LogP contribution in [0.2, 0.25) is 0 Å². The molecule has 7 heteroatoms. The molecule has 0 aliphatic rings. The summed E-state index contributed by atoms with van der Waals surface area (Å²) in [7, 11) is 1.53. The van der Waals surface area contributed by atoms with Crippen LogP contribution >= 0.6 is 27.7 Å². The van der Waals surface area contributed by atoms with Crippen LogP contribution in [-0.4, -0.2) is 29.6 Å². The number of amides is 1. The maximum atomic E-state index is 12.1. The van der Waals surface area contributed by atoms with Crippen molar-refractivity contribution < 1.29 is 14.6 Å². The molecule has 2 aromatic rings. The fraction of sp³-hybridized carbons (Fsp3) is 0.263. The molecule has 0 radical (unpaired) electrons. The van der Waals surface area contributed by atoms with Crippen LogP contribution in [0.1, 0.15) is 23.6 Å². The second-order valence-electron chi connectivity index (χ2n) is 5.77. The van der Waals surface area contributed by atoms with Crippen molar-refractivity contribution in [3.8, 4) is 11.5 Å². The molecule has 0 bridgehead atoms. The maximum absolute atomic E-state index is 12.1. The fourth-order valence-corrected chi connectivity index (χ4v) is 3.59. The van der Waals surface area contributed by atoms with E-state index >= 15 is 0 Å². The summed E-state index contributed by atoms with van der Waals surface area (Å²) in [5.74, 6) is 0.657. The summed E-state index contributed by atoms with van der Waals surface area (Å²) in [5, 5.41) is 14.1. The molecule has 0 fully saturated rings. The summed E-state index contributed by atoms with van der Waals surface area (Å²) in [5.41, 5.74) is 5.82. The molecule has 0 aromatic heterocycles. The van der Waals surface area contributed by atoms with Crippen molar-refractivity contribution in [1.29, 1.82) is 0 Å². The standard InChI is InChI=1S/C19H21BrN2O3S/c1-11-8-18(12(2)7-16(11)20)26-10-19(24)22-21-13(3)15-6-5-14(25-4)9-17(15)23/h5-9,23H,10H2,1-4H3,(H,22,24). The molecule has 0 spiro atoms. The first-order valence-electron chi connectivity index (χ1n) is 7.92. The number of hydrogen-bond donors (Lipinski definition) is 2. The van der Waals surface area contributed by atoms with Crippen LogP contribution < -0.4 is 10.2 Å². The molecule has 0 saturated heterocycles. The van der Waals surface area contributed by atoms with Gasteiger partial charge in [-0.25, -0.2) is 5.43 Å². The molecule has 2 N–H and O–H groups in total. The molecule has 2 rings (SSSR count). The predicted molar refractivity (Wildman–Crippen MR) is 109 cm³/mol. The Morgan fingerprint density at radius 2 is 2.00 bits per heavy atom. The van der Waals surface area contributed by atoms with Crippen molar-refractivity contribution in [3.63, 3.8) is 0 Å². The lowest BCUT2D eigenvalue weighted by molar-refractivity contribution is -0.118. The van der Waals surface area contributed by atoms with E-state index in [9.17, 15) is 9.90 Å². The first-order valence-corrected chi connectivity index (χ1v) is 9.69. The lowest BCUT2D eigenvalue weighted by Gasteiger charge is -2.09. The lowest BCUT2D eigenvalue weighted by atomic mass is 10.1. The van der Waals surface area contributed by atoms with Crippen molar-refractivity contribution in [2.45, 2.75) is 25.7 Å². The number of carbonyl (C=O) groups is 1. The van der Waals surface area contributed by atoms with Gasteiger partial charge >= 0.3 is 0 Å². The highest BCUT2D eigenvalue weighted by atomic mass is 79.9. The molecular weight excluding hydrogens is 416 g/mol. The highest BCUT2D eigenvalue weighted by Crippen LogP contribution is 2.28. The summed E-state index contributed by atoms with van der Waals surface area (Å²) in [6.07, 6.45) is 0. The van der Waals surface area contributed by atoms with E-state index in [2.05, 4.69) is 32.5 Å². The van der Waals surface area contributed by atoms with Gasteiger partial charge in [0.05, 0.1) is 18.6 Å². The van der Waals surface area contributed by atoms with E-state index in [-0.39, 0.29) is 17.4 Å². The Labute approximate surface area is 166 Å². The van der Waals surface area contributed by atoms with E-state index < -0.39 is 0 Å². The Morgan fingerprint density at radius 1 is 1.27 bits per heavy atom. The van der Waals surface area contributed by atoms with Gasteiger partial charge in [-0.2, -0.15) is 5.10 Å². The molecule has 0 saturated carbocycles. The van der Waals surface area contributed by atoms with E-state index in [4.69, 9.17) is 4.74 Å². The van der Waals surface area contributed by atoms with E-state index in [0.29, 0.717) is 17.0 Å². The minimum atomic E-state index is -0.206. The van der Waals surface area contributed by atoms with Gasteiger partial charge in [-0.15, -0.1) is 11.8 Å². The van der Waals surface area contributed by atoms with Gasteiger partial charge in [-0.1, -0.05) is 15.9 Å². The Morgan fingerprint density at radius 3 is 2.65 bits per heavy atom. The Kier molecular flexibility index (Phi) is 7.11. The third-order valence-corrected chi connectivity index (χ3v) is 5.77. The quantitative estimate of drug-likeness (QED) is 0.399. The molecule has 0 unspecified atom stereocenters. The van der Waals surface area contributed by atoms with Gasteiger partial charge in [-0.05, 0) is 56.2 Å². The van der Waals surface area contributed by atoms with Crippen molar-refractivity contribution in [2.75, 3.05) is 12.9 Å². The Hall–Kier alpha value is -1.99. The van der Waals surface area contributed by atoms with Gasteiger partial charge < -0.3 is 9.84 Å². The number of hydrazone groups is 1. The van der Waals surface area contributed by atoms with Crippen LogP contribution in [0.4, 0.5) is 0 Å². The molecule has 0 heterocycles. The summed E-state index contributed by atoms with van der Waals surface area (Å²) >= 11 is 4.97. The number of halogens is 1. The zero-order valence-electron chi connectivity index (χ0n) is 15.1. The number of phenols is 1. The first kappa shape index (κ1) is 20.3. The number of benzene rings is 2. The van der Waals surface area contributed by atoms with Crippen LogP contribution in [0.25, 0.3) is 0 Å². The van der Waals surface area contributed by atoms with Gasteiger partial charge in [0.15, 0.2) is 0 Å². The van der Waals surface area contributed by atoms with E-state index in [1.807, 2.05) is 19.9 Å². The monoisotopic (exact) mass is 436 g/mol. The number of rotatable bonds is 6. The smallest absolute Gasteiger partial charge is 0.250 e. The van der Waals surface area contributed by atoms with Gasteiger partial charge in [-0.3, -0.25) is 4.79 Å². The average Bonchev–Trinajstić information content (AvgIpc) is 2.61. The van der Waals surface area contributed by atoms with Crippen molar-refractivity contribution >= 4 is 39.3 Å². The fourth-order valence-electron chi connectivity index (χ4n) is 2.24. The summed E-state index contributed by atoms with van der Waals surface area (Å²) in [6.45, 7) is 5.75. The van der Waals surface area contributed by atoms with Gasteiger partial charge in [0, 0.05) is 21.0 Å². The second-order valence-corrected chi connectivity index (χ2v) is 7.64. The van der Waals surface area contributed by atoms with E-state index in [1.54, 1.807) is 19.1 Å². The number of phenolic OH excluding ortho intramolecular Hbond substituents is 1. The number of aromatic hydroxyl groups is 1. The maximum Gasteiger partial charge on any atom is 0.250 e. The molecular formula is C19H21BrN2O3S. The topological polar surface area (TPSA) is 70.9 Å². The van der Waals surface area contributed by atoms with Crippen LogP contribution in [-0.2, 0) is 4.79 Å². The largest absolute Gasteiger partial charge is 0.507 e. The zero-order chi connectivity index (χ0) is 19.3. The zero-order valence-corrected chi connectivity index (χ0v) is 17.5. The SMILES string of the molecule is COc1ccc(C(C)=NNC(=O)CSc2cc(C)c(Br)cc2C)c(O)c1. The molecule has 2 aromatic carbocycles. The van der Waals surface area contributed by atoms with Crippen molar-refractivity contribution in [1.82, 2.24) is 5.43 Å². The third kappa shape index (κ3) is 5.25. The molecule has 0 atom stereocenters. The molecule has 5 nitrogen and oxygen atoms in total. The average molecular weight is 437 g/mol. The highest BCUT2D eigenvalue weighted by Gasteiger charge is 2.09. The van der Waals surface area contributed by atoms with Gasteiger partial charge in [0.1, 0.15) is 11.5 Å². The minimum absolute atomic E-state index is 0.0511. The Balaban J connectivity index is 1.97. The predicted octanol–water partition coefficient (Wildman–Crippen LogP) is 4.41. The number of nitrogens with one attached hydrogen (secondary N) is 1. The normalized spacial score (nSPS) is 11.3. The minimum Gasteiger partial charge on any atom is -0.507 e. The van der Waals surface area contributed by atoms with Crippen molar-refractivity contribution in [3.05, 3.63) is 51.5 Å². The lowest BCUT2D eigenvalue weighted by Crippen LogP contribution is -2.21. The summed E-state index contributed by atoms with van der Waals surface area (Å²) < 4.78 is 6.11. The number of hydrogen-bond acceptors (Lipinski definition) is 5. The molecule has 1 amide bonds. The van der Waals surface area contributed by atoms with Crippen LogP contribution in [0.3, 0.4) is 0 Å². The molecule has 26 heavy (non-hydrogen) atoms. The van der Waals surface area contributed by atoms with Gasteiger partial charge in [0.2, 0.25) is 5.91 Å². The second kappa shape index (κ2) is 9.09. The third-order valence-electron chi connectivity index (χ3n) is 3.76. The van der Waals surface area contributed by atoms with Crippen LogP contribution in [0.15, 0.2) is 44.8 Å². The molecule has 0 aliphatic carbocycles.